The van der Waals surface area contributed by atoms with E-state index in [2.05, 4.69) is 10.6 Å². The van der Waals surface area contributed by atoms with E-state index in [0.717, 1.165) is 22.3 Å². The molecule has 2 aromatic rings. The molecule has 0 bridgehead atoms. The maximum Gasteiger partial charge on any atom is 0.407 e. The molecule has 0 aliphatic heterocycles. The number of nitrogens with one attached hydrogen (secondary N) is 2. The summed E-state index contributed by atoms with van der Waals surface area (Å²) in [5.41, 5.74) is 3.71. The van der Waals surface area contributed by atoms with Crippen molar-refractivity contribution in [3.8, 4) is 11.1 Å². The number of hydrogen-bond donors (Lipinski definition) is 3. The third-order valence-corrected chi connectivity index (χ3v) is 5.68. The molecule has 0 saturated heterocycles. The molecule has 0 fully saturated rings. The molecule has 0 radical (unpaired) electrons. The first-order valence-corrected chi connectivity index (χ1v) is 10.8. The number of amides is 2. The van der Waals surface area contributed by atoms with Gasteiger partial charge in [0.15, 0.2) is 6.04 Å². The van der Waals surface area contributed by atoms with Gasteiger partial charge in [-0.25, -0.2) is 9.59 Å². The van der Waals surface area contributed by atoms with Gasteiger partial charge in [0.2, 0.25) is 5.91 Å². The fraction of sp³-hybridized carbons (Fsp3) is 0.400. The van der Waals surface area contributed by atoms with Crippen LogP contribution in [0, 0.1) is 5.41 Å². The van der Waals surface area contributed by atoms with Crippen molar-refractivity contribution in [3.63, 3.8) is 0 Å². The van der Waals surface area contributed by atoms with Crippen molar-refractivity contribution in [2.75, 3.05) is 20.3 Å². The summed E-state index contributed by atoms with van der Waals surface area (Å²) in [5, 5.41) is 14.3. The van der Waals surface area contributed by atoms with Gasteiger partial charge in [-0.15, -0.1) is 0 Å². The Morgan fingerprint density at radius 1 is 0.970 bits per heavy atom. The predicted molar refractivity (Wildman–Crippen MR) is 123 cm³/mol. The third kappa shape index (κ3) is 5.51. The van der Waals surface area contributed by atoms with Gasteiger partial charge in [0, 0.05) is 13.0 Å². The smallest absolute Gasteiger partial charge is 0.407 e. The van der Waals surface area contributed by atoms with Gasteiger partial charge in [0.1, 0.15) is 12.6 Å². The Morgan fingerprint density at radius 2 is 1.52 bits per heavy atom. The van der Waals surface area contributed by atoms with Crippen molar-refractivity contribution in [2.24, 2.45) is 5.41 Å². The lowest BCUT2D eigenvalue weighted by Gasteiger charge is -2.31. The lowest BCUT2D eigenvalue weighted by atomic mass is 9.86. The Balaban J connectivity index is 1.69. The quantitative estimate of drug-likeness (QED) is 0.565. The number of hydrogen-bond acceptors (Lipinski definition) is 5. The number of rotatable bonds is 8. The summed E-state index contributed by atoms with van der Waals surface area (Å²) in [6, 6.07) is 13.8. The van der Waals surface area contributed by atoms with Crippen LogP contribution in [0.15, 0.2) is 48.5 Å². The van der Waals surface area contributed by atoms with E-state index in [1.165, 1.54) is 7.11 Å². The SMILES string of the molecule is COCC(NC(=O)[C@@H](NC(=O)OCC1c2ccccc2-c2ccccc21)C(C)(C)C)C(=O)O. The molecular formula is C25H30N2O6. The molecule has 3 N–H and O–H groups in total. The number of aliphatic carboxylic acids is 1. The van der Waals surface area contributed by atoms with E-state index in [1.807, 2.05) is 48.5 Å². The molecule has 8 heteroatoms. The number of carbonyl (C=O) groups excluding carboxylic acids is 2. The molecule has 0 aromatic heterocycles. The number of ether oxygens (including phenoxy) is 2. The van der Waals surface area contributed by atoms with Gasteiger partial charge in [-0.3, -0.25) is 4.79 Å². The van der Waals surface area contributed by atoms with Gasteiger partial charge < -0.3 is 25.2 Å². The van der Waals surface area contributed by atoms with E-state index in [-0.39, 0.29) is 19.1 Å². The average molecular weight is 455 g/mol. The fourth-order valence-corrected chi connectivity index (χ4v) is 4.03. The summed E-state index contributed by atoms with van der Waals surface area (Å²) in [5.74, 6) is -1.96. The van der Waals surface area contributed by atoms with Gasteiger partial charge in [-0.1, -0.05) is 69.3 Å². The molecule has 2 aromatic carbocycles. The summed E-state index contributed by atoms with van der Waals surface area (Å²) in [6.07, 6.45) is -0.745. The highest BCUT2D eigenvalue weighted by Crippen LogP contribution is 2.44. The number of carboxylic acids is 1. The number of benzene rings is 2. The number of alkyl carbamates (subject to hydrolysis) is 1. The first kappa shape index (κ1) is 24.3. The average Bonchev–Trinajstić information content (AvgIpc) is 3.08. The van der Waals surface area contributed by atoms with Crippen molar-refractivity contribution in [1.29, 1.82) is 0 Å². The molecule has 0 saturated carbocycles. The van der Waals surface area contributed by atoms with Gasteiger partial charge in [-0.2, -0.15) is 0 Å². The second-order valence-electron chi connectivity index (χ2n) is 9.12. The second kappa shape index (κ2) is 10.0. The van der Waals surface area contributed by atoms with Gasteiger partial charge >= 0.3 is 12.1 Å². The molecule has 1 unspecified atom stereocenters. The minimum atomic E-state index is -1.23. The summed E-state index contributed by atoms with van der Waals surface area (Å²) in [6.45, 7) is 5.23. The number of carboxylic acid groups (broad SMARTS) is 1. The van der Waals surface area contributed by atoms with Crippen molar-refractivity contribution in [3.05, 3.63) is 59.7 Å². The Kier molecular flexibility index (Phi) is 7.38. The number of carbonyl (C=O) groups is 3. The van der Waals surface area contributed by atoms with Crippen LogP contribution in [0.3, 0.4) is 0 Å². The lowest BCUT2D eigenvalue weighted by molar-refractivity contribution is -0.144. The molecule has 2 atom stereocenters. The molecule has 33 heavy (non-hydrogen) atoms. The van der Waals surface area contributed by atoms with E-state index < -0.39 is 35.5 Å². The summed E-state index contributed by atoms with van der Waals surface area (Å²) in [7, 11) is 1.35. The van der Waals surface area contributed by atoms with E-state index in [1.54, 1.807) is 20.8 Å². The lowest BCUT2D eigenvalue weighted by Crippen LogP contribution is -2.57. The fourth-order valence-electron chi connectivity index (χ4n) is 4.03. The number of methoxy groups -OCH3 is 1. The van der Waals surface area contributed by atoms with Crippen molar-refractivity contribution < 1.29 is 29.0 Å². The molecule has 2 amide bonds. The Labute approximate surface area is 193 Å². The van der Waals surface area contributed by atoms with Crippen LogP contribution in [0.4, 0.5) is 4.79 Å². The monoisotopic (exact) mass is 454 g/mol. The normalized spacial score (nSPS) is 14.5. The maximum atomic E-state index is 12.8. The topological polar surface area (TPSA) is 114 Å². The van der Waals surface area contributed by atoms with E-state index in [9.17, 15) is 19.5 Å². The highest BCUT2D eigenvalue weighted by atomic mass is 16.5. The first-order valence-electron chi connectivity index (χ1n) is 10.8. The maximum absolute atomic E-state index is 12.8. The first-order chi connectivity index (χ1) is 15.6. The largest absolute Gasteiger partial charge is 0.480 e. The van der Waals surface area contributed by atoms with Crippen LogP contribution < -0.4 is 10.6 Å². The molecule has 3 rings (SSSR count). The summed E-state index contributed by atoms with van der Waals surface area (Å²) >= 11 is 0. The molecule has 0 heterocycles. The van der Waals surface area contributed by atoms with Crippen LogP contribution in [0.25, 0.3) is 11.1 Å². The van der Waals surface area contributed by atoms with Crippen molar-refractivity contribution >= 4 is 18.0 Å². The van der Waals surface area contributed by atoms with Crippen LogP contribution in [0.2, 0.25) is 0 Å². The number of fused-ring (bicyclic) bond motifs is 3. The van der Waals surface area contributed by atoms with Gasteiger partial charge in [0.25, 0.3) is 0 Å². The molecule has 8 nitrogen and oxygen atoms in total. The van der Waals surface area contributed by atoms with Crippen LogP contribution in [0.5, 0.6) is 0 Å². The predicted octanol–water partition coefficient (Wildman–Crippen LogP) is 3.16. The molecule has 176 valence electrons. The van der Waals surface area contributed by atoms with Crippen LogP contribution in [0.1, 0.15) is 37.8 Å². The van der Waals surface area contributed by atoms with Crippen LogP contribution >= 0.6 is 0 Å². The highest BCUT2D eigenvalue weighted by molar-refractivity contribution is 5.90. The van der Waals surface area contributed by atoms with E-state index in [0.29, 0.717) is 0 Å². The molecule has 1 aliphatic rings. The third-order valence-electron chi connectivity index (χ3n) is 5.68. The van der Waals surface area contributed by atoms with Gasteiger partial charge in [0.05, 0.1) is 6.61 Å². The Bertz CT molecular complexity index is 984. The molecular weight excluding hydrogens is 424 g/mol. The molecule has 1 aliphatic carbocycles. The van der Waals surface area contributed by atoms with Crippen LogP contribution in [-0.2, 0) is 19.1 Å². The van der Waals surface area contributed by atoms with E-state index >= 15 is 0 Å². The van der Waals surface area contributed by atoms with Gasteiger partial charge in [-0.05, 0) is 27.7 Å². The summed E-state index contributed by atoms with van der Waals surface area (Å²) < 4.78 is 10.4. The van der Waals surface area contributed by atoms with Crippen molar-refractivity contribution in [2.45, 2.75) is 38.8 Å². The highest BCUT2D eigenvalue weighted by Gasteiger charge is 2.36. The Hall–Kier alpha value is -3.39. The second-order valence-corrected chi connectivity index (χ2v) is 9.12. The minimum absolute atomic E-state index is 0.108. The Morgan fingerprint density at radius 3 is 2.00 bits per heavy atom. The zero-order valence-electron chi connectivity index (χ0n) is 19.3. The zero-order valence-corrected chi connectivity index (χ0v) is 19.3. The standard InChI is InChI=1S/C25H30N2O6/c1-25(2,3)21(22(28)26-20(14-32-4)23(29)30)27-24(31)33-13-19-17-11-7-5-9-15(17)16-10-6-8-12-18(16)19/h5-12,19-21H,13-14H2,1-4H3,(H,26,28)(H,27,31)(H,29,30)/t20?,21-/m1/s1. The molecule has 0 spiro atoms. The van der Waals surface area contributed by atoms with Crippen molar-refractivity contribution in [1.82, 2.24) is 10.6 Å². The minimum Gasteiger partial charge on any atom is -0.480 e. The summed E-state index contributed by atoms with van der Waals surface area (Å²) in [4.78, 5) is 36.8. The van der Waals surface area contributed by atoms with E-state index in [4.69, 9.17) is 9.47 Å². The zero-order chi connectivity index (χ0) is 24.2. The van der Waals surface area contributed by atoms with Crippen LogP contribution in [-0.4, -0.2) is 55.5 Å².